The Morgan fingerprint density at radius 2 is 1.89 bits per heavy atom. The molecule has 1 N–H and O–H groups in total. The van der Waals surface area contributed by atoms with Gasteiger partial charge < -0.3 is 4.74 Å². The zero-order valence-corrected chi connectivity index (χ0v) is 12.0. The number of ether oxygens (including phenoxy) is 1. The van der Waals surface area contributed by atoms with Gasteiger partial charge in [-0.05, 0) is 49.4 Å². The van der Waals surface area contributed by atoms with E-state index in [1.54, 1.807) is 0 Å². The Balaban J connectivity index is 1.46. The van der Waals surface area contributed by atoms with Gasteiger partial charge in [0.1, 0.15) is 0 Å². The Bertz CT molecular complexity index is 459. The minimum atomic E-state index is -3.24. The molecule has 4 unspecified atom stereocenters. The molecule has 0 aliphatic heterocycles. The number of carbonyl (C=O) groups is 1. The lowest BCUT2D eigenvalue weighted by Gasteiger charge is -2.11. The van der Waals surface area contributed by atoms with Gasteiger partial charge in [0.2, 0.25) is 10.0 Å². The smallest absolute Gasteiger partial charge is 0.305 e. The average Bonchev–Trinajstić information content (AvgIpc) is 2.75. The summed E-state index contributed by atoms with van der Waals surface area (Å²) < 4.78 is 31.3. The van der Waals surface area contributed by atoms with E-state index in [0.717, 1.165) is 11.8 Å². The second-order valence-corrected chi connectivity index (χ2v) is 8.00. The van der Waals surface area contributed by atoms with Crippen molar-refractivity contribution < 1.29 is 17.9 Å². The van der Waals surface area contributed by atoms with Gasteiger partial charge >= 0.3 is 5.97 Å². The number of fused-ring (bicyclic) bond motifs is 5. The standard InChI is InChI=1S/C13H21NO4S/c1-18-10(15)3-2-6-19(16,17)14-13-11-8-4-5-9(7-8)12(11)13/h8-9,11-14H,2-7H2,1H3. The van der Waals surface area contributed by atoms with E-state index < -0.39 is 10.0 Å². The first-order valence-electron chi connectivity index (χ1n) is 7.08. The molecule has 3 rings (SSSR count). The van der Waals surface area contributed by atoms with Crippen molar-refractivity contribution in [2.24, 2.45) is 23.7 Å². The van der Waals surface area contributed by atoms with Crippen LogP contribution in [0.2, 0.25) is 0 Å². The molecule has 3 aliphatic rings. The van der Waals surface area contributed by atoms with Gasteiger partial charge in [0, 0.05) is 12.5 Å². The molecular weight excluding hydrogens is 266 g/mol. The molecule has 19 heavy (non-hydrogen) atoms. The monoisotopic (exact) mass is 287 g/mol. The SMILES string of the molecule is COC(=O)CCCS(=O)(=O)NC1C2C3CCC(C3)C12. The second-order valence-electron chi connectivity index (χ2n) is 6.13. The van der Waals surface area contributed by atoms with E-state index in [1.165, 1.54) is 26.4 Å². The van der Waals surface area contributed by atoms with Crippen LogP contribution < -0.4 is 4.72 Å². The number of hydrogen-bond donors (Lipinski definition) is 1. The van der Waals surface area contributed by atoms with Crippen molar-refractivity contribution in [1.29, 1.82) is 0 Å². The first-order chi connectivity index (χ1) is 9.02. The fourth-order valence-electron chi connectivity index (χ4n) is 4.26. The number of methoxy groups -OCH3 is 1. The lowest BCUT2D eigenvalue weighted by Crippen LogP contribution is -2.32. The van der Waals surface area contributed by atoms with Crippen LogP contribution in [0, 0.1) is 23.7 Å². The van der Waals surface area contributed by atoms with E-state index in [4.69, 9.17) is 0 Å². The highest BCUT2D eigenvalue weighted by molar-refractivity contribution is 7.89. The molecule has 0 amide bonds. The Kier molecular flexibility index (Phi) is 3.33. The van der Waals surface area contributed by atoms with Crippen LogP contribution in [0.3, 0.4) is 0 Å². The maximum absolute atomic E-state index is 12.0. The average molecular weight is 287 g/mol. The molecule has 0 heterocycles. The lowest BCUT2D eigenvalue weighted by molar-refractivity contribution is -0.140. The number of hydrogen-bond acceptors (Lipinski definition) is 4. The highest BCUT2D eigenvalue weighted by atomic mass is 32.2. The molecule has 3 aliphatic carbocycles. The highest BCUT2D eigenvalue weighted by Gasteiger charge is 2.65. The Labute approximate surface area is 114 Å². The van der Waals surface area contributed by atoms with Gasteiger partial charge in [0.15, 0.2) is 0 Å². The third kappa shape index (κ3) is 2.52. The normalized spacial score (nSPS) is 39.1. The van der Waals surface area contributed by atoms with Crippen molar-refractivity contribution in [3.63, 3.8) is 0 Å². The summed E-state index contributed by atoms with van der Waals surface area (Å²) in [4.78, 5) is 10.9. The molecular formula is C13H21NO4S. The van der Waals surface area contributed by atoms with Crippen molar-refractivity contribution >= 4 is 16.0 Å². The van der Waals surface area contributed by atoms with Crippen LogP contribution in [-0.4, -0.2) is 33.3 Å². The molecule has 0 aromatic heterocycles. The van der Waals surface area contributed by atoms with Crippen LogP contribution in [0.1, 0.15) is 32.1 Å². The van der Waals surface area contributed by atoms with Crippen molar-refractivity contribution in [3.05, 3.63) is 0 Å². The van der Waals surface area contributed by atoms with Crippen LogP contribution in [0.25, 0.3) is 0 Å². The van der Waals surface area contributed by atoms with Crippen molar-refractivity contribution in [2.75, 3.05) is 12.9 Å². The van der Waals surface area contributed by atoms with Gasteiger partial charge in [-0.3, -0.25) is 4.79 Å². The fourth-order valence-corrected chi connectivity index (χ4v) is 5.63. The van der Waals surface area contributed by atoms with E-state index in [1.807, 2.05) is 0 Å². The first kappa shape index (κ1) is 13.4. The molecule has 0 aromatic rings. The molecule has 0 saturated heterocycles. The number of esters is 1. The van der Waals surface area contributed by atoms with Crippen LogP contribution in [-0.2, 0) is 19.6 Å². The lowest BCUT2D eigenvalue weighted by atomic mass is 10.0. The summed E-state index contributed by atoms with van der Waals surface area (Å²) in [5.74, 6) is 2.41. The third-order valence-electron chi connectivity index (χ3n) is 5.07. The summed E-state index contributed by atoms with van der Waals surface area (Å²) in [6, 6.07) is 0.189. The minimum Gasteiger partial charge on any atom is -0.469 e. The summed E-state index contributed by atoms with van der Waals surface area (Å²) >= 11 is 0. The summed E-state index contributed by atoms with van der Waals surface area (Å²) in [5.41, 5.74) is 0. The highest BCUT2D eigenvalue weighted by Crippen LogP contribution is 2.65. The maximum atomic E-state index is 12.0. The fraction of sp³-hybridized carbons (Fsp3) is 0.923. The first-order valence-corrected chi connectivity index (χ1v) is 8.74. The molecule has 2 bridgehead atoms. The van der Waals surface area contributed by atoms with Crippen molar-refractivity contribution in [1.82, 2.24) is 4.72 Å². The second kappa shape index (κ2) is 4.74. The van der Waals surface area contributed by atoms with E-state index in [2.05, 4.69) is 9.46 Å². The predicted octanol–water partition coefficient (Wildman–Crippen LogP) is 0.903. The number of sulfonamides is 1. The van der Waals surface area contributed by atoms with Gasteiger partial charge in [0.25, 0.3) is 0 Å². The zero-order chi connectivity index (χ0) is 13.6. The van der Waals surface area contributed by atoms with E-state index in [9.17, 15) is 13.2 Å². The van der Waals surface area contributed by atoms with Gasteiger partial charge in [-0.1, -0.05) is 0 Å². The zero-order valence-electron chi connectivity index (χ0n) is 11.2. The van der Waals surface area contributed by atoms with Gasteiger partial charge in [0.05, 0.1) is 12.9 Å². The van der Waals surface area contributed by atoms with Crippen molar-refractivity contribution in [3.8, 4) is 0 Å². The maximum Gasteiger partial charge on any atom is 0.305 e. The van der Waals surface area contributed by atoms with Gasteiger partial charge in [-0.15, -0.1) is 0 Å². The summed E-state index contributed by atoms with van der Waals surface area (Å²) in [7, 11) is -1.93. The Morgan fingerprint density at radius 3 is 2.47 bits per heavy atom. The van der Waals surface area contributed by atoms with E-state index >= 15 is 0 Å². The molecule has 6 heteroatoms. The summed E-state index contributed by atoms with van der Waals surface area (Å²) in [6.45, 7) is 0. The summed E-state index contributed by atoms with van der Waals surface area (Å²) in [5, 5.41) is 0. The van der Waals surface area contributed by atoms with Crippen LogP contribution in [0.5, 0.6) is 0 Å². The van der Waals surface area contributed by atoms with Crippen LogP contribution in [0.15, 0.2) is 0 Å². The quantitative estimate of drug-likeness (QED) is 0.737. The number of carbonyl (C=O) groups excluding carboxylic acids is 1. The Hall–Kier alpha value is -0.620. The molecule has 0 spiro atoms. The topological polar surface area (TPSA) is 72.5 Å². The molecule has 3 fully saturated rings. The van der Waals surface area contributed by atoms with E-state index in [-0.39, 0.29) is 24.2 Å². The molecule has 0 aromatic carbocycles. The summed E-state index contributed by atoms with van der Waals surface area (Å²) in [6.07, 6.45) is 4.38. The molecule has 5 nitrogen and oxygen atoms in total. The largest absolute Gasteiger partial charge is 0.469 e. The third-order valence-corrected chi connectivity index (χ3v) is 6.53. The minimum absolute atomic E-state index is 0.0212. The molecule has 3 saturated carbocycles. The number of nitrogens with one attached hydrogen (secondary N) is 1. The predicted molar refractivity (Wildman–Crippen MR) is 69.8 cm³/mol. The van der Waals surface area contributed by atoms with Gasteiger partial charge in [-0.25, -0.2) is 13.1 Å². The molecule has 4 atom stereocenters. The molecule has 0 radical (unpaired) electrons. The molecule has 108 valence electrons. The van der Waals surface area contributed by atoms with Gasteiger partial charge in [-0.2, -0.15) is 0 Å². The van der Waals surface area contributed by atoms with E-state index in [0.29, 0.717) is 18.3 Å². The Morgan fingerprint density at radius 1 is 1.26 bits per heavy atom. The van der Waals surface area contributed by atoms with Crippen molar-refractivity contribution in [2.45, 2.75) is 38.1 Å². The van der Waals surface area contributed by atoms with Crippen LogP contribution in [0.4, 0.5) is 0 Å². The number of rotatable bonds is 6. The van der Waals surface area contributed by atoms with Crippen LogP contribution >= 0.6 is 0 Å².